The molecule has 0 bridgehead atoms. The molecule has 3 rings (SSSR count). The second-order valence-corrected chi connectivity index (χ2v) is 13.1. The lowest BCUT2D eigenvalue weighted by Crippen LogP contribution is -2.50. The molecule has 7 nitrogen and oxygen atoms in total. The molecular weight excluding hydrogens is 593 g/mol. The fourth-order valence-corrected chi connectivity index (χ4v) is 6.13. The summed E-state index contributed by atoms with van der Waals surface area (Å²) in [4.78, 5) is 29.0. The summed E-state index contributed by atoms with van der Waals surface area (Å²) in [5.74, 6) is -0.572. The third-order valence-corrected chi connectivity index (χ3v) is 9.04. The molecule has 0 aromatic heterocycles. The normalized spacial score (nSPS) is 12.0. The van der Waals surface area contributed by atoms with Crippen molar-refractivity contribution in [2.45, 2.75) is 59.0 Å². The van der Waals surface area contributed by atoms with E-state index in [-0.39, 0.29) is 37.7 Å². The van der Waals surface area contributed by atoms with Crippen LogP contribution in [0.5, 0.6) is 0 Å². The molecule has 1 N–H and O–H groups in total. The maximum Gasteiger partial charge on any atom is 0.243 e. The van der Waals surface area contributed by atoms with E-state index in [0.717, 1.165) is 29.4 Å². The second kappa shape index (κ2) is 15.4. The van der Waals surface area contributed by atoms with Crippen LogP contribution < -0.4 is 9.62 Å². The largest absolute Gasteiger partial charge is 0.354 e. The van der Waals surface area contributed by atoms with Crippen LogP contribution >= 0.6 is 23.2 Å². The van der Waals surface area contributed by atoms with Gasteiger partial charge in [-0.2, -0.15) is 0 Å². The molecule has 3 aromatic rings. The molecule has 10 heteroatoms. The Morgan fingerprint density at radius 2 is 1.60 bits per heavy atom. The molecule has 0 spiro atoms. The molecule has 226 valence electrons. The molecule has 0 fully saturated rings. The number of carbonyl (C=O) groups is 2. The Morgan fingerprint density at radius 3 is 2.19 bits per heavy atom. The number of halogens is 2. The van der Waals surface area contributed by atoms with Crippen molar-refractivity contribution in [2.24, 2.45) is 0 Å². The van der Waals surface area contributed by atoms with Crippen LogP contribution in [0.15, 0.2) is 66.7 Å². The molecule has 2 amide bonds. The summed E-state index contributed by atoms with van der Waals surface area (Å²) in [7, 11) is -3.60. The number of hydrogen-bond acceptors (Lipinski definition) is 4. The van der Waals surface area contributed by atoms with E-state index in [4.69, 9.17) is 23.2 Å². The van der Waals surface area contributed by atoms with Crippen LogP contribution in [-0.2, 0) is 32.6 Å². The van der Waals surface area contributed by atoms with Crippen LogP contribution in [-0.4, -0.2) is 50.5 Å². The van der Waals surface area contributed by atoms with Crippen LogP contribution in [0.25, 0.3) is 0 Å². The first-order chi connectivity index (χ1) is 19.9. The summed E-state index contributed by atoms with van der Waals surface area (Å²) in [6.45, 7) is 6.46. The molecule has 0 aliphatic carbocycles. The van der Waals surface area contributed by atoms with E-state index >= 15 is 0 Å². The van der Waals surface area contributed by atoms with Crippen molar-refractivity contribution >= 4 is 50.7 Å². The van der Waals surface area contributed by atoms with Crippen molar-refractivity contribution in [3.63, 3.8) is 0 Å². The number of carbonyl (C=O) groups excluding carboxylic acids is 2. The molecule has 0 saturated carbocycles. The Morgan fingerprint density at radius 1 is 0.929 bits per heavy atom. The summed E-state index contributed by atoms with van der Waals surface area (Å²) >= 11 is 13.0. The van der Waals surface area contributed by atoms with Crippen LogP contribution in [0.3, 0.4) is 0 Å². The fourth-order valence-electron chi connectivity index (χ4n) is 4.66. The SMILES string of the molecule is CCCNC(=O)[C@@H](Cc1ccccc1)N(Cc1c(Cl)cccc1Cl)C(=O)CCCN(c1ccc(C)c(C)c1)S(C)(=O)=O. The van der Waals surface area contributed by atoms with E-state index < -0.39 is 16.1 Å². The van der Waals surface area contributed by atoms with Crippen molar-refractivity contribution < 1.29 is 18.0 Å². The van der Waals surface area contributed by atoms with Gasteiger partial charge in [0, 0.05) is 48.1 Å². The number of benzene rings is 3. The number of rotatable bonds is 14. The zero-order valence-electron chi connectivity index (χ0n) is 24.6. The Bertz CT molecular complexity index is 1460. The average Bonchev–Trinajstić information content (AvgIpc) is 2.94. The Kier molecular flexibility index (Phi) is 12.3. The highest BCUT2D eigenvalue weighted by atomic mass is 35.5. The van der Waals surface area contributed by atoms with Gasteiger partial charge < -0.3 is 10.2 Å². The molecule has 0 saturated heterocycles. The Hall–Kier alpha value is -3.07. The lowest BCUT2D eigenvalue weighted by atomic mass is 10.0. The molecule has 0 unspecified atom stereocenters. The van der Waals surface area contributed by atoms with Gasteiger partial charge in [-0.3, -0.25) is 13.9 Å². The zero-order valence-corrected chi connectivity index (χ0v) is 26.9. The van der Waals surface area contributed by atoms with Gasteiger partial charge in [-0.15, -0.1) is 0 Å². The van der Waals surface area contributed by atoms with Gasteiger partial charge >= 0.3 is 0 Å². The molecule has 0 radical (unpaired) electrons. The van der Waals surface area contributed by atoms with Crippen molar-refractivity contribution in [3.8, 4) is 0 Å². The maximum absolute atomic E-state index is 13.9. The summed E-state index contributed by atoms with van der Waals surface area (Å²) in [5, 5.41) is 3.73. The van der Waals surface area contributed by atoms with Crippen molar-refractivity contribution in [3.05, 3.63) is 99.0 Å². The van der Waals surface area contributed by atoms with Gasteiger partial charge in [-0.05, 0) is 67.6 Å². The zero-order chi connectivity index (χ0) is 30.9. The standard InChI is InChI=1S/C32H39Cl2N3O4S/c1-5-18-35-32(39)30(21-25-11-7-6-8-12-25)36(22-27-28(33)13-9-14-29(27)34)31(38)15-10-19-37(42(4,40)41)26-17-16-23(2)24(3)20-26/h6-9,11-14,16-17,20,30H,5,10,15,18-19,21-22H2,1-4H3,(H,35,39)/t30-/m1/s1. The first kappa shape index (κ1) is 33.4. The van der Waals surface area contributed by atoms with Crippen molar-refractivity contribution in [2.75, 3.05) is 23.7 Å². The molecular formula is C32H39Cl2N3O4S. The molecule has 1 atom stereocenters. The van der Waals surface area contributed by atoms with E-state index in [2.05, 4.69) is 5.32 Å². The van der Waals surface area contributed by atoms with E-state index in [1.807, 2.05) is 63.2 Å². The lowest BCUT2D eigenvalue weighted by Gasteiger charge is -2.32. The maximum atomic E-state index is 13.9. The quantitative estimate of drug-likeness (QED) is 0.225. The first-order valence-corrected chi connectivity index (χ1v) is 16.6. The molecule has 0 heterocycles. The predicted molar refractivity (Wildman–Crippen MR) is 172 cm³/mol. The summed E-state index contributed by atoms with van der Waals surface area (Å²) in [6.07, 6.45) is 2.46. The molecule has 3 aromatic carbocycles. The fraction of sp³-hybridized carbons (Fsp3) is 0.375. The number of anilines is 1. The first-order valence-electron chi connectivity index (χ1n) is 14.0. The van der Waals surface area contributed by atoms with Gasteiger partial charge in [-0.1, -0.05) is 72.6 Å². The van der Waals surface area contributed by atoms with Crippen LogP contribution in [0.1, 0.15) is 48.4 Å². The Balaban J connectivity index is 1.92. The third kappa shape index (κ3) is 9.21. The van der Waals surface area contributed by atoms with Gasteiger partial charge in [0.05, 0.1) is 11.9 Å². The van der Waals surface area contributed by atoms with E-state index in [1.54, 1.807) is 24.3 Å². The van der Waals surface area contributed by atoms with Gasteiger partial charge in [0.1, 0.15) is 6.04 Å². The van der Waals surface area contributed by atoms with Crippen LogP contribution in [0.2, 0.25) is 10.0 Å². The molecule has 0 aliphatic rings. The van der Waals surface area contributed by atoms with Gasteiger partial charge in [-0.25, -0.2) is 8.42 Å². The number of aryl methyl sites for hydroxylation is 2. The lowest BCUT2D eigenvalue weighted by molar-refractivity contribution is -0.141. The van der Waals surface area contributed by atoms with Gasteiger partial charge in [0.2, 0.25) is 21.8 Å². The highest BCUT2D eigenvalue weighted by Crippen LogP contribution is 2.28. The van der Waals surface area contributed by atoms with E-state index in [1.165, 1.54) is 9.21 Å². The minimum Gasteiger partial charge on any atom is -0.354 e. The monoisotopic (exact) mass is 631 g/mol. The number of nitrogens with zero attached hydrogens (tertiary/aromatic N) is 2. The van der Waals surface area contributed by atoms with Gasteiger partial charge in [0.25, 0.3) is 0 Å². The van der Waals surface area contributed by atoms with Crippen molar-refractivity contribution in [1.29, 1.82) is 0 Å². The number of amides is 2. The molecule has 42 heavy (non-hydrogen) atoms. The minimum absolute atomic E-state index is 0.0191. The van der Waals surface area contributed by atoms with Gasteiger partial charge in [0.15, 0.2) is 0 Å². The average molecular weight is 633 g/mol. The van der Waals surface area contributed by atoms with Crippen molar-refractivity contribution in [1.82, 2.24) is 10.2 Å². The smallest absolute Gasteiger partial charge is 0.243 e. The summed E-state index contributed by atoms with van der Waals surface area (Å²) in [6, 6.07) is 19.3. The summed E-state index contributed by atoms with van der Waals surface area (Å²) in [5.41, 5.74) is 4.02. The summed E-state index contributed by atoms with van der Waals surface area (Å²) < 4.78 is 26.7. The molecule has 0 aliphatic heterocycles. The number of hydrogen-bond donors (Lipinski definition) is 1. The minimum atomic E-state index is -3.60. The predicted octanol–water partition coefficient (Wildman–Crippen LogP) is 6.32. The Labute approximate surface area is 259 Å². The highest BCUT2D eigenvalue weighted by Gasteiger charge is 2.31. The highest BCUT2D eigenvalue weighted by molar-refractivity contribution is 7.92. The van der Waals surface area contributed by atoms with E-state index in [0.29, 0.717) is 34.3 Å². The van der Waals surface area contributed by atoms with E-state index in [9.17, 15) is 18.0 Å². The third-order valence-electron chi connectivity index (χ3n) is 7.14. The van der Waals surface area contributed by atoms with Crippen LogP contribution in [0.4, 0.5) is 5.69 Å². The number of sulfonamides is 1. The second-order valence-electron chi connectivity index (χ2n) is 10.4. The number of nitrogens with one attached hydrogen (secondary N) is 1. The topological polar surface area (TPSA) is 86.8 Å². The van der Waals surface area contributed by atoms with Crippen LogP contribution in [0, 0.1) is 13.8 Å².